The molecule has 0 bridgehead atoms. The van der Waals surface area contributed by atoms with E-state index >= 15 is 0 Å². The van der Waals surface area contributed by atoms with E-state index in [1.807, 2.05) is 13.0 Å². The molecule has 0 saturated heterocycles. The van der Waals surface area contributed by atoms with E-state index in [1.165, 1.54) is 11.1 Å². The van der Waals surface area contributed by atoms with Gasteiger partial charge in [-0.25, -0.2) is 0 Å². The van der Waals surface area contributed by atoms with Crippen molar-refractivity contribution in [1.29, 1.82) is 0 Å². The highest BCUT2D eigenvalue weighted by atomic mass is 14.9. The summed E-state index contributed by atoms with van der Waals surface area (Å²) in [4.78, 5) is 4.51. The first-order valence-corrected chi connectivity index (χ1v) is 7.35. The third-order valence-corrected chi connectivity index (χ3v) is 3.53. The third-order valence-electron chi connectivity index (χ3n) is 3.53. The molecule has 2 nitrogen and oxygen atoms in total. The van der Waals surface area contributed by atoms with E-state index < -0.39 is 0 Å². The number of pyridine rings is 1. The third kappa shape index (κ3) is 4.78. The Morgan fingerprint density at radius 1 is 1.10 bits per heavy atom. The van der Waals surface area contributed by atoms with Gasteiger partial charge >= 0.3 is 0 Å². The minimum Gasteiger partial charge on any atom is -0.309 e. The molecule has 0 aliphatic heterocycles. The van der Waals surface area contributed by atoms with E-state index in [-0.39, 0.29) is 0 Å². The van der Waals surface area contributed by atoms with Crippen LogP contribution in [0.5, 0.6) is 0 Å². The zero-order chi connectivity index (χ0) is 14.4. The van der Waals surface area contributed by atoms with E-state index in [1.54, 1.807) is 0 Å². The van der Waals surface area contributed by atoms with Crippen molar-refractivity contribution in [2.24, 2.45) is 0 Å². The van der Waals surface area contributed by atoms with Crippen molar-refractivity contribution in [3.63, 3.8) is 0 Å². The minimum absolute atomic E-state index is 0.498. The van der Waals surface area contributed by atoms with Gasteiger partial charge in [-0.3, -0.25) is 4.98 Å². The Morgan fingerprint density at radius 3 is 2.65 bits per heavy atom. The lowest BCUT2D eigenvalue weighted by molar-refractivity contribution is 0.509. The van der Waals surface area contributed by atoms with Crippen molar-refractivity contribution < 1.29 is 0 Å². The number of nitrogens with one attached hydrogen (secondary N) is 1. The van der Waals surface area contributed by atoms with Crippen molar-refractivity contribution in [1.82, 2.24) is 10.3 Å². The summed E-state index contributed by atoms with van der Waals surface area (Å²) < 4.78 is 0. The summed E-state index contributed by atoms with van der Waals surface area (Å²) in [6.07, 6.45) is 2.27. The van der Waals surface area contributed by atoms with Gasteiger partial charge in [0.25, 0.3) is 0 Å². The highest BCUT2D eigenvalue weighted by Crippen LogP contribution is 2.08. The average Bonchev–Trinajstić information content (AvgIpc) is 2.43. The zero-order valence-corrected chi connectivity index (χ0v) is 12.7. The van der Waals surface area contributed by atoms with E-state index in [0.29, 0.717) is 6.04 Å². The maximum Gasteiger partial charge on any atom is 0.0544 e. The molecule has 1 unspecified atom stereocenters. The molecule has 1 atom stereocenters. The summed E-state index contributed by atoms with van der Waals surface area (Å²) in [6.45, 7) is 7.27. The smallest absolute Gasteiger partial charge is 0.0544 e. The second-order valence-corrected chi connectivity index (χ2v) is 5.58. The largest absolute Gasteiger partial charge is 0.309 e. The molecule has 0 fully saturated rings. The quantitative estimate of drug-likeness (QED) is 0.861. The highest BCUT2D eigenvalue weighted by Gasteiger charge is 2.03. The maximum atomic E-state index is 4.51. The molecular formula is C18H24N2. The number of nitrogens with zero attached hydrogens (tertiary/aromatic N) is 1. The SMILES string of the molecule is Cc1cccc(CCC(C)NCc2cccc(C)n2)c1. The van der Waals surface area contributed by atoms with E-state index in [4.69, 9.17) is 0 Å². The van der Waals surface area contributed by atoms with Gasteiger partial charge in [-0.1, -0.05) is 35.9 Å². The predicted octanol–water partition coefficient (Wildman–Crippen LogP) is 3.81. The minimum atomic E-state index is 0.498. The molecule has 0 amide bonds. The van der Waals surface area contributed by atoms with Crippen molar-refractivity contribution in [2.75, 3.05) is 0 Å². The number of rotatable bonds is 6. The van der Waals surface area contributed by atoms with Gasteiger partial charge < -0.3 is 5.32 Å². The lowest BCUT2D eigenvalue weighted by Gasteiger charge is -2.14. The lowest BCUT2D eigenvalue weighted by atomic mass is 10.0. The molecular weight excluding hydrogens is 244 g/mol. The fourth-order valence-corrected chi connectivity index (χ4v) is 2.33. The molecule has 0 aliphatic rings. The van der Waals surface area contributed by atoms with Crippen molar-refractivity contribution >= 4 is 0 Å². The number of benzene rings is 1. The van der Waals surface area contributed by atoms with Crippen LogP contribution in [0.4, 0.5) is 0 Å². The Hall–Kier alpha value is -1.67. The first-order chi connectivity index (χ1) is 9.63. The van der Waals surface area contributed by atoms with Crippen LogP contribution in [0.25, 0.3) is 0 Å². The second-order valence-electron chi connectivity index (χ2n) is 5.58. The van der Waals surface area contributed by atoms with Gasteiger partial charge in [0.1, 0.15) is 0 Å². The molecule has 2 aromatic rings. The molecule has 106 valence electrons. The molecule has 1 heterocycles. The predicted molar refractivity (Wildman–Crippen MR) is 84.8 cm³/mol. The Bertz CT molecular complexity index is 499. The van der Waals surface area contributed by atoms with E-state index in [2.05, 4.69) is 60.5 Å². The topological polar surface area (TPSA) is 24.9 Å². The van der Waals surface area contributed by atoms with Crippen molar-refractivity contribution in [2.45, 2.75) is 46.2 Å². The van der Waals surface area contributed by atoms with E-state index in [9.17, 15) is 0 Å². The summed E-state index contributed by atoms with van der Waals surface area (Å²) in [6, 6.07) is 15.4. The van der Waals surface area contributed by atoms with Crippen LogP contribution in [0.2, 0.25) is 0 Å². The summed E-state index contributed by atoms with van der Waals surface area (Å²) in [7, 11) is 0. The fraction of sp³-hybridized carbons (Fsp3) is 0.389. The van der Waals surface area contributed by atoms with Crippen LogP contribution in [0, 0.1) is 13.8 Å². The number of hydrogen-bond donors (Lipinski definition) is 1. The summed E-state index contributed by atoms with van der Waals surface area (Å²) >= 11 is 0. The van der Waals surface area contributed by atoms with Crippen LogP contribution in [-0.2, 0) is 13.0 Å². The van der Waals surface area contributed by atoms with Gasteiger partial charge in [-0.05, 0) is 51.3 Å². The van der Waals surface area contributed by atoms with Crippen LogP contribution in [0.1, 0.15) is 35.9 Å². The van der Waals surface area contributed by atoms with Gasteiger partial charge in [0.05, 0.1) is 5.69 Å². The van der Waals surface area contributed by atoms with Crippen LogP contribution in [-0.4, -0.2) is 11.0 Å². The van der Waals surface area contributed by atoms with Gasteiger partial charge in [-0.2, -0.15) is 0 Å². The molecule has 0 radical (unpaired) electrons. The normalized spacial score (nSPS) is 12.3. The van der Waals surface area contributed by atoms with Crippen LogP contribution in [0.15, 0.2) is 42.5 Å². The van der Waals surface area contributed by atoms with Gasteiger partial charge in [-0.15, -0.1) is 0 Å². The van der Waals surface area contributed by atoms with Gasteiger partial charge in [0.2, 0.25) is 0 Å². The zero-order valence-electron chi connectivity index (χ0n) is 12.7. The molecule has 1 aromatic carbocycles. The number of aryl methyl sites for hydroxylation is 3. The van der Waals surface area contributed by atoms with Crippen LogP contribution >= 0.6 is 0 Å². The van der Waals surface area contributed by atoms with Crippen LogP contribution < -0.4 is 5.32 Å². The van der Waals surface area contributed by atoms with Gasteiger partial charge in [0.15, 0.2) is 0 Å². The fourth-order valence-electron chi connectivity index (χ4n) is 2.33. The maximum absolute atomic E-state index is 4.51. The Labute approximate surface area is 122 Å². The highest BCUT2D eigenvalue weighted by molar-refractivity contribution is 5.22. The van der Waals surface area contributed by atoms with Crippen molar-refractivity contribution in [3.05, 3.63) is 65.0 Å². The Kier molecular flexibility index (Phi) is 5.31. The monoisotopic (exact) mass is 268 g/mol. The summed E-state index contributed by atoms with van der Waals surface area (Å²) in [5.41, 5.74) is 4.96. The molecule has 2 rings (SSSR count). The summed E-state index contributed by atoms with van der Waals surface area (Å²) in [5.74, 6) is 0. The molecule has 20 heavy (non-hydrogen) atoms. The molecule has 0 aliphatic carbocycles. The Morgan fingerprint density at radius 2 is 1.90 bits per heavy atom. The standard InChI is InChI=1S/C18H24N2/c1-14-6-4-8-17(12-14)11-10-15(2)19-13-18-9-5-7-16(3)20-18/h4-9,12,15,19H,10-11,13H2,1-3H3. The number of aromatic nitrogens is 1. The molecule has 0 spiro atoms. The lowest BCUT2D eigenvalue weighted by Crippen LogP contribution is -2.26. The Balaban J connectivity index is 1.77. The van der Waals surface area contributed by atoms with Crippen molar-refractivity contribution in [3.8, 4) is 0 Å². The first-order valence-electron chi connectivity index (χ1n) is 7.35. The second kappa shape index (κ2) is 7.20. The van der Waals surface area contributed by atoms with Gasteiger partial charge in [0, 0.05) is 18.3 Å². The van der Waals surface area contributed by atoms with E-state index in [0.717, 1.165) is 30.8 Å². The summed E-state index contributed by atoms with van der Waals surface area (Å²) in [5, 5.41) is 3.55. The molecule has 1 aromatic heterocycles. The molecule has 1 N–H and O–H groups in total. The number of hydrogen-bond acceptors (Lipinski definition) is 2. The molecule has 0 saturated carbocycles. The van der Waals surface area contributed by atoms with Crippen LogP contribution in [0.3, 0.4) is 0 Å². The molecule has 2 heteroatoms. The first kappa shape index (κ1) is 14.7. The average molecular weight is 268 g/mol.